The molecule has 2 rings (SSSR count). The van der Waals surface area contributed by atoms with Crippen LogP contribution in [0.4, 0.5) is 0 Å². The molecule has 1 heterocycles. The zero-order valence-electron chi connectivity index (χ0n) is 11.7. The lowest BCUT2D eigenvalue weighted by Crippen LogP contribution is -2.33. The zero-order chi connectivity index (χ0) is 13.8. The van der Waals surface area contributed by atoms with Crippen LogP contribution in [0.15, 0.2) is 6.07 Å². The second-order valence-corrected chi connectivity index (χ2v) is 5.16. The van der Waals surface area contributed by atoms with E-state index in [0.29, 0.717) is 18.8 Å². The van der Waals surface area contributed by atoms with E-state index in [2.05, 4.69) is 10.4 Å². The van der Waals surface area contributed by atoms with Crippen molar-refractivity contribution in [2.45, 2.75) is 52.2 Å². The first kappa shape index (κ1) is 14.1. The summed E-state index contributed by atoms with van der Waals surface area (Å²) in [6, 6.07) is 1.85. The summed E-state index contributed by atoms with van der Waals surface area (Å²) in [6.07, 6.45) is 3.47. The molecular formula is C14H23N3O2. The topological polar surface area (TPSA) is 67.2 Å². The van der Waals surface area contributed by atoms with Crippen molar-refractivity contribution in [3.63, 3.8) is 0 Å². The molecule has 2 N–H and O–H groups in total. The monoisotopic (exact) mass is 265 g/mol. The van der Waals surface area contributed by atoms with Crippen molar-refractivity contribution in [2.75, 3.05) is 6.54 Å². The predicted molar refractivity (Wildman–Crippen MR) is 73.0 cm³/mol. The molecule has 2 atom stereocenters. The lowest BCUT2D eigenvalue weighted by Gasteiger charge is -2.15. The smallest absolute Gasteiger partial charge is 0.269 e. The van der Waals surface area contributed by atoms with E-state index in [4.69, 9.17) is 0 Å². The number of aliphatic hydroxyl groups is 1. The first-order valence-electron chi connectivity index (χ1n) is 7.18. The molecule has 19 heavy (non-hydrogen) atoms. The van der Waals surface area contributed by atoms with Crippen LogP contribution < -0.4 is 5.32 Å². The van der Waals surface area contributed by atoms with E-state index in [-0.39, 0.29) is 17.9 Å². The summed E-state index contributed by atoms with van der Waals surface area (Å²) in [5.74, 6) is 0.112. The third-order valence-corrected chi connectivity index (χ3v) is 3.87. The van der Waals surface area contributed by atoms with E-state index in [9.17, 15) is 9.90 Å². The SMILES string of the molecule is CCc1cc(C(=O)NCC2CCCC2O)n(CC)n1. The second kappa shape index (κ2) is 6.19. The molecule has 5 heteroatoms. The van der Waals surface area contributed by atoms with Gasteiger partial charge in [0.25, 0.3) is 5.91 Å². The summed E-state index contributed by atoms with van der Waals surface area (Å²) in [5, 5.41) is 17.0. The number of aryl methyl sites for hydroxylation is 2. The average molecular weight is 265 g/mol. The molecule has 0 aromatic carbocycles. The van der Waals surface area contributed by atoms with Gasteiger partial charge in [-0.2, -0.15) is 5.10 Å². The van der Waals surface area contributed by atoms with Crippen LogP contribution in [0.25, 0.3) is 0 Å². The largest absolute Gasteiger partial charge is 0.393 e. The highest BCUT2D eigenvalue weighted by molar-refractivity contribution is 5.92. The Hall–Kier alpha value is -1.36. The molecule has 2 unspecified atom stereocenters. The third kappa shape index (κ3) is 3.15. The maximum Gasteiger partial charge on any atom is 0.269 e. The summed E-state index contributed by atoms with van der Waals surface area (Å²) in [6.45, 7) is 5.24. The van der Waals surface area contributed by atoms with Crippen molar-refractivity contribution in [1.82, 2.24) is 15.1 Å². The van der Waals surface area contributed by atoms with Gasteiger partial charge in [-0.1, -0.05) is 13.3 Å². The Morgan fingerprint density at radius 3 is 2.89 bits per heavy atom. The number of hydrogen-bond donors (Lipinski definition) is 2. The fourth-order valence-corrected chi connectivity index (χ4v) is 2.64. The zero-order valence-corrected chi connectivity index (χ0v) is 11.7. The lowest BCUT2D eigenvalue weighted by molar-refractivity contribution is 0.0906. The van der Waals surface area contributed by atoms with Crippen molar-refractivity contribution in [3.8, 4) is 0 Å². The molecule has 1 fully saturated rings. The molecule has 1 saturated carbocycles. The Labute approximate surface area is 114 Å². The number of nitrogens with zero attached hydrogens (tertiary/aromatic N) is 2. The molecule has 1 aliphatic rings. The summed E-state index contributed by atoms with van der Waals surface area (Å²) in [7, 11) is 0. The minimum atomic E-state index is -0.261. The average Bonchev–Trinajstić information content (AvgIpc) is 3.01. The number of aliphatic hydroxyl groups excluding tert-OH is 1. The molecule has 0 saturated heterocycles. The number of nitrogens with one attached hydrogen (secondary N) is 1. The van der Waals surface area contributed by atoms with Gasteiger partial charge in [-0.3, -0.25) is 9.48 Å². The van der Waals surface area contributed by atoms with Crippen LogP contribution >= 0.6 is 0 Å². The van der Waals surface area contributed by atoms with E-state index in [1.807, 2.05) is 19.9 Å². The summed E-state index contributed by atoms with van der Waals surface area (Å²) >= 11 is 0. The first-order valence-corrected chi connectivity index (χ1v) is 7.18. The molecule has 0 radical (unpaired) electrons. The van der Waals surface area contributed by atoms with Crippen molar-refractivity contribution in [2.24, 2.45) is 5.92 Å². The maximum atomic E-state index is 12.2. The van der Waals surface area contributed by atoms with Crippen LogP contribution in [0.5, 0.6) is 0 Å². The first-order chi connectivity index (χ1) is 9.15. The van der Waals surface area contributed by atoms with E-state index < -0.39 is 0 Å². The minimum absolute atomic E-state index is 0.0897. The van der Waals surface area contributed by atoms with Gasteiger partial charge in [-0.05, 0) is 32.3 Å². The van der Waals surface area contributed by atoms with Gasteiger partial charge in [0.15, 0.2) is 0 Å². The fraction of sp³-hybridized carbons (Fsp3) is 0.714. The van der Waals surface area contributed by atoms with E-state index in [0.717, 1.165) is 31.4 Å². The third-order valence-electron chi connectivity index (χ3n) is 3.87. The normalized spacial score (nSPS) is 22.7. The van der Waals surface area contributed by atoms with Gasteiger partial charge in [-0.15, -0.1) is 0 Å². The van der Waals surface area contributed by atoms with Crippen LogP contribution in [0, 0.1) is 5.92 Å². The van der Waals surface area contributed by atoms with Crippen molar-refractivity contribution < 1.29 is 9.90 Å². The lowest BCUT2D eigenvalue weighted by atomic mass is 10.1. The highest BCUT2D eigenvalue weighted by atomic mass is 16.3. The summed E-state index contributed by atoms with van der Waals surface area (Å²) < 4.78 is 1.74. The molecule has 1 amide bonds. The number of carbonyl (C=O) groups excluding carboxylic acids is 1. The van der Waals surface area contributed by atoms with Crippen LogP contribution in [-0.2, 0) is 13.0 Å². The van der Waals surface area contributed by atoms with Gasteiger partial charge in [0.1, 0.15) is 5.69 Å². The van der Waals surface area contributed by atoms with Crippen molar-refractivity contribution in [3.05, 3.63) is 17.5 Å². The molecule has 106 valence electrons. The van der Waals surface area contributed by atoms with E-state index in [1.54, 1.807) is 4.68 Å². The maximum absolute atomic E-state index is 12.2. The Morgan fingerprint density at radius 2 is 2.32 bits per heavy atom. The van der Waals surface area contributed by atoms with Gasteiger partial charge in [0.2, 0.25) is 0 Å². The molecular weight excluding hydrogens is 242 g/mol. The fourth-order valence-electron chi connectivity index (χ4n) is 2.64. The number of amides is 1. The van der Waals surface area contributed by atoms with Crippen molar-refractivity contribution >= 4 is 5.91 Å². The highest BCUT2D eigenvalue weighted by Gasteiger charge is 2.26. The van der Waals surface area contributed by atoms with Crippen molar-refractivity contribution in [1.29, 1.82) is 0 Å². The molecule has 0 bridgehead atoms. The van der Waals surface area contributed by atoms with E-state index in [1.165, 1.54) is 0 Å². The number of aromatic nitrogens is 2. The second-order valence-electron chi connectivity index (χ2n) is 5.16. The van der Waals surface area contributed by atoms with Crippen LogP contribution in [-0.4, -0.2) is 33.4 Å². The quantitative estimate of drug-likeness (QED) is 0.844. The van der Waals surface area contributed by atoms with Gasteiger partial charge < -0.3 is 10.4 Å². The van der Waals surface area contributed by atoms with Gasteiger partial charge in [-0.25, -0.2) is 0 Å². The summed E-state index contributed by atoms with van der Waals surface area (Å²) in [4.78, 5) is 12.2. The Kier molecular flexibility index (Phi) is 4.58. The van der Waals surface area contributed by atoms with Gasteiger partial charge >= 0.3 is 0 Å². The number of carbonyl (C=O) groups is 1. The van der Waals surface area contributed by atoms with Crippen LogP contribution in [0.3, 0.4) is 0 Å². The Bertz CT molecular complexity index is 442. The predicted octanol–water partition coefficient (Wildman–Crippen LogP) is 1.36. The van der Waals surface area contributed by atoms with E-state index >= 15 is 0 Å². The van der Waals surface area contributed by atoms with Crippen LogP contribution in [0.1, 0.15) is 49.3 Å². The molecule has 1 aliphatic carbocycles. The number of hydrogen-bond acceptors (Lipinski definition) is 3. The Morgan fingerprint density at radius 1 is 1.53 bits per heavy atom. The summed E-state index contributed by atoms with van der Waals surface area (Å²) in [5.41, 5.74) is 1.56. The molecule has 1 aromatic rings. The molecule has 0 aliphatic heterocycles. The molecule has 1 aromatic heterocycles. The Balaban J connectivity index is 1.97. The highest BCUT2D eigenvalue weighted by Crippen LogP contribution is 2.24. The minimum Gasteiger partial charge on any atom is -0.393 e. The van der Waals surface area contributed by atoms with Crippen LogP contribution in [0.2, 0.25) is 0 Å². The standard InChI is InChI=1S/C14H23N3O2/c1-3-11-8-12(17(4-2)16-11)14(19)15-9-10-6-5-7-13(10)18/h8,10,13,18H,3-7,9H2,1-2H3,(H,15,19). The number of rotatable bonds is 5. The molecule has 0 spiro atoms. The van der Waals surface area contributed by atoms with Gasteiger partial charge in [0, 0.05) is 19.0 Å². The van der Waals surface area contributed by atoms with Gasteiger partial charge in [0.05, 0.1) is 11.8 Å². The molecule has 5 nitrogen and oxygen atoms in total.